The van der Waals surface area contributed by atoms with Crippen LogP contribution in [0.1, 0.15) is 5.56 Å². The number of hydrogen-bond acceptors (Lipinski definition) is 3. The molecule has 88 valence electrons. The predicted octanol–water partition coefficient (Wildman–Crippen LogP) is 2.52. The molecule has 0 atom stereocenters. The van der Waals surface area contributed by atoms with Gasteiger partial charge in [-0.1, -0.05) is 0 Å². The van der Waals surface area contributed by atoms with Gasteiger partial charge in [-0.3, -0.25) is 4.79 Å². The van der Waals surface area contributed by atoms with Crippen molar-refractivity contribution in [3.05, 3.63) is 44.8 Å². The number of nitrogens with one attached hydrogen (secondary N) is 1. The molecule has 4 nitrogen and oxygen atoms in total. The van der Waals surface area contributed by atoms with Crippen LogP contribution in [0.25, 0.3) is 11.4 Å². The minimum Gasteiger partial charge on any atom is -0.496 e. The Morgan fingerprint density at radius 1 is 1.41 bits per heavy atom. The third-order valence-corrected chi connectivity index (χ3v) is 2.99. The summed E-state index contributed by atoms with van der Waals surface area (Å²) in [5.74, 6) is 1.36. The van der Waals surface area contributed by atoms with Crippen LogP contribution in [0, 0.1) is 6.92 Å². The number of methoxy groups -OCH3 is 1. The lowest BCUT2D eigenvalue weighted by Crippen LogP contribution is -2.08. The highest BCUT2D eigenvalue weighted by atomic mass is 79.9. The zero-order valence-corrected chi connectivity index (χ0v) is 11.0. The molecule has 0 aliphatic carbocycles. The van der Waals surface area contributed by atoms with Gasteiger partial charge in [-0.15, -0.1) is 0 Å². The molecular formula is C12H11BrN2O2. The number of ether oxygens (including phenoxy) is 1. The average Bonchev–Trinajstić information content (AvgIpc) is 2.32. The van der Waals surface area contributed by atoms with E-state index in [1.165, 1.54) is 6.20 Å². The fourth-order valence-electron chi connectivity index (χ4n) is 1.55. The number of aromatic amines is 1. The van der Waals surface area contributed by atoms with Gasteiger partial charge in [0.05, 0.1) is 7.11 Å². The molecule has 17 heavy (non-hydrogen) atoms. The number of rotatable bonds is 2. The van der Waals surface area contributed by atoms with Gasteiger partial charge in [-0.25, -0.2) is 4.98 Å². The lowest BCUT2D eigenvalue weighted by Gasteiger charge is -2.06. The molecule has 0 amide bonds. The lowest BCUT2D eigenvalue weighted by molar-refractivity contribution is 0.412. The molecule has 1 N–H and O–H groups in total. The van der Waals surface area contributed by atoms with E-state index in [2.05, 4.69) is 25.9 Å². The smallest absolute Gasteiger partial charge is 0.265 e. The largest absolute Gasteiger partial charge is 0.496 e. The third-order valence-electron chi connectivity index (χ3n) is 2.42. The van der Waals surface area contributed by atoms with E-state index in [1.807, 2.05) is 25.1 Å². The Balaban J connectivity index is 2.50. The SMILES string of the molecule is COc1ccc(-c2ncc(Br)c(=O)[nH]2)cc1C. The molecule has 0 aliphatic rings. The van der Waals surface area contributed by atoms with Crippen LogP contribution in [0.2, 0.25) is 0 Å². The van der Waals surface area contributed by atoms with Crippen LogP contribution in [0.5, 0.6) is 5.75 Å². The highest BCUT2D eigenvalue weighted by Crippen LogP contribution is 2.23. The summed E-state index contributed by atoms with van der Waals surface area (Å²) in [6, 6.07) is 5.63. The number of aryl methyl sites for hydroxylation is 1. The maximum atomic E-state index is 11.5. The first-order valence-corrected chi connectivity index (χ1v) is 5.81. The number of halogens is 1. The molecular weight excluding hydrogens is 284 g/mol. The maximum Gasteiger partial charge on any atom is 0.265 e. The normalized spacial score (nSPS) is 10.3. The standard InChI is InChI=1S/C12H11BrN2O2/c1-7-5-8(3-4-10(7)17-2)11-14-6-9(13)12(16)15-11/h3-6H,1-2H3,(H,14,15,16). The van der Waals surface area contributed by atoms with Crippen molar-refractivity contribution in [1.82, 2.24) is 9.97 Å². The van der Waals surface area contributed by atoms with E-state index in [-0.39, 0.29) is 5.56 Å². The minimum atomic E-state index is -0.191. The zero-order chi connectivity index (χ0) is 12.4. The van der Waals surface area contributed by atoms with Crippen LogP contribution >= 0.6 is 15.9 Å². The molecule has 0 aliphatic heterocycles. The van der Waals surface area contributed by atoms with E-state index < -0.39 is 0 Å². The Hall–Kier alpha value is -1.62. The van der Waals surface area contributed by atoms with Crippen molar-refractivity contribution >= 4 is 15.9 Å². The number of benzene rings is 1. The zero-order valence-electron chi connectivity index (χ0n) is 9.45. The van der Waals surface area contributed by atoms with Crippen molar-refractivity contribution in [3.63, 3.8) is 0 Å². The quantitative estimate of drug-likeness (QED) is 0.926. The second-order valence-electron chi connectivity index (χ2n) is 3.59. The summed E-state index contributed by atoms with van der Waals surface area (Å²) in [5, 5.41) is 0. The molecule has 2 rings (SSSR count). The molecule has 0 saturated carbocycles. The van der Waals surface area contributed by atoms with Gasteiger partial charge >= 0.3 is 0 Å². The molecule has 0 fully saturated rings. The Kier molecular flexibility index (Phi) is 3.28. The summed E-state index contributed by atoms with van der Waals surface area (Å²) in [6.07, 6.45) is 1.49. The fraction of sp³-hybridized carbons (Fsp3) is 0.167. The van der Waals surface area contributed by atoms with Crippen molar-refractivity contribution in [2.75, 3.05) is 7.11 Å². The fourth-order valence-corrected chi connectivity index (χ4v) is 1.75. The number of hydrogen-bond donors (Lipinski definition) is 1. The molecule has 1 aromatic carbocycles. The summed E-state index contributed by atoms with van der Waals surface area (Å²) >= 11 is 3.11. The summed E-state index contributed by atoms with van der Waals surface area (Å²) in [7, 11) is 1.63. The highest BCUT2D eigenvalue weighted by Gasteiger charge is 2.05. The molecule has 0 saturated heterocycles. The van der Waals surface area contributed by atoms with Crippen LogP contribution in [0.15, 0.2) is 33.7 Å². The lowest BCUT2D eigenvalue weighted by atomic mass is 10.1. The molecule has 2 aromatic rings. The van der Waals surface area contributed by atoms with Gasteiger partial charge in [0.25, 0.3) is 5.56 Å². The van der Waals surface area contributed by atoms with Gasteiger partial charge < -0.3 is 9.72 Å². The molecule has 1 aromatic heterocycles. The summed E-state index contributed by atoms with van der Waals surface area (Å²) in [6.45, 7) is 1.94. The highest BCUT2D eigenvalue weighted by molar-refractivity contribution is 9.10. The first-order valence-electron chi connectivity index (χ1n) is 5.01. The minimum absolute atomic E-state index is 0.191. The van der Waals surface area contributed by atoms with Crippen molar-refractivity contribution in [2.24, 2.45) is 0 Å². The molecule has 0 bridgehead atoms. The monoisotopic (exact) mass is 294 g/mol. The second-order valence-corrected chi connectivity index (χ2v) is 4.45. The van der Waals surface area contributed by atoms with Crippen molar-refractivity contribution in [2.45, 2.75) is 6.92 Å². The van der Waals surface area contributed by atoms with Gasteiger partial charge in [0.2, 0.25) is 0 Å². The van der Waals surface area contributed by atoms with Crippen LogP contribution in [-0.2, 0) is 0 Å². The Labute approximate surface area is 107 Å². The Morgan fingerprint density at radius 3 is 2.76 bits per heavy atom. The molecule has 0 unspecified atom stereocenters. The maximum absolute atomic E-state index is 11.5. The van der Waals surface area contributed by atoms with Crippen LogP contribution < -0.4 is 10.3 Å². The average molecular weight is 295 g/mol. The number of H-pyrrole nitrogens is 1. The first-order chi connectivity index (χ1) is 8.11. The van der Waals surface area contributed by atoms with Gasteiger partial charge in [-0.2, -0.15) is 0 Å². The third kappa shape index (κ3) is 2.39. The van der Waals surface area contributed by atoms with E-state index in [0.717, 1.165) is 16.9 Å². The van der Waals surface area contributed by atoms with E-state index in [9.17, 15) is 4.79 Å². The first kappa shape index (κ1) is 11.9. The van der Waals surface area contributed by atoms with Crippen LogP contribution in [0.4, 0.5) is 0 Å². The summed E-state index contributed by atoms with van der Waals surface area (Å²) < 4.78 is 5.60. The second kappa shape index (κ2) is 4.71. The molecule has 0 spiro atoms. The Bertz CT molecular complexity index is 608. The van der Waals surface area contributed by atoms with E-state index in [1.54, 1.807) is 7.11 Å². The van der Waals surface area contributed by atoms with Gasteiger partial charge in [0.1, 0.15) is 16.0 Å². The van der Waals surface area contributed by atoms with Gasteiger partial charge in [-0.05, 0) is 46.6 Å². The predicted molar refractivity (Wildman–Crippen MR) is 69.3 cm³/mol. The van der Waals surface area contributed by atoms with Gasteiger partial charge in [0, 0.05) is 11.8 Å². The topological polar surface area (TPSA) is 55.0 Å². The van der Waals surface area contributed by atoms with Crippen LogP contribution in [-0.4, -0.2) is 17.1 Å². The van der Waals surface area contributed by atoms with Crippen molar-refractivity contribution in [3.8, 4) is 17.1 Å². The van der Waals surface area contributed by atoms with Crippen LogP contribution in [0.3, 0.4) is 0 Å². The number of aromatic nitrogens is 2. The summed E-state index contributed by atoms with van der Waals surface area (Å²) in [5.41, 5.74) is 1.66. The summed E-state index contributed by atoms with van der Waals surface area (Å²) in [4.78, 5) is 18.3. The molecule has 1 heterocycles. The van der Waals surface area contributed by atoms with Crippen molar-refractivity contribution < 1.29 is 4.74 Å². The molecule has 0 radical (unpaired) electrons. The number of nitrogens with zero attached hydrogens (tertiary/aromatic N) is 1. The van der Waals surface area contributed by atoms with Gasteiger partial charge in [0.15, 0.2) is 0 Å². The van der Waals surface area contributed by atoms with E-state index in [4.69, 9.17) is 4.74 Å². The van der Waals surface area contributed by atoms with E-state index >= 15 is 0 Å². The Morgan fingerprint density at radius 2 is 2.18 bits per heavy atom. The van der Waals surface area contributed by atoms with E-state index in [0.29, 0.717) is 10.3 Å². The van der Waals surface area contributed by atoms with Crippen molar-refractivity contribution in [1.29, 1.82) is 0 Å². The molecule has 5 heteroatoms.